The van der Waals surface area contributed by atoms with Gasteiger partial charge in [-0.3, -0.25) is 9.59 Å². The fourth-order valence-electron chi connectivity index (χ4n) is 4.21. The monoisotopic (exact) mass is 539 g/mol. The third-order valence-corrected chi connectivity index (χ3v) is 6.33. The highest BCUT2D eigenvalue weighted by atomic mass is 35.5. The Kier molecular flexibility index (Phi) is 7.25. The van der Waals surface area contributed by atoms with Crippen LogP contribution in [0.1, 0.15) is 22.8 Å². The second-order valence-electron chi connectivity index (χ2n) is 8.89. The molecule has 1 amide bonds. The van der Waals surface area contributed by atoms with E-state index >= 15 is 0 Å². The second-order valence-corrected chi connectivity index (χ2v) is 9.30. The number of esters is 1. The van der Waals surface area contributed by atoms with Crippen LogP contribution in [-0.2, 0) is 4.79 Å². The summed E-state index contributed by atoms with van der Waals surface area (Å²) in [4.78, 5) is 24.9. The van der Waals surface area contributed by atoms with Crippen molar-refractivity contribution in [3.63, 3.8) is 0 Å². The number of anilines is 1. The van der Waals surface area contributed by atoms with Gasteiger partial charge >= 0.3 is 5.97 Å². The molecule has 4 aromatic carbocycles. The molecule has 0 aliphatic rings. The number of nitrogens with zero attached hydrogens (tertiary/aromatic N) is 2. The molecule has 1 aromatic heterocycles. The van der Waals surface area contributed by atoms with E-state index in [1.807, 2.05) is 31.2 Å². The maximum Gasteiger partial charge on any atom is 0.309 e. The van der Waals surface area contributed by atoms with Crippen molar-refractivity contribution in [2.24, 2.45) is 0 Å². The van der Waals surface area contributed by atoms with Crippen molar-refractivity contribution in [1.29, 1.82) is 0 Å². The summed E-state index contributed by atoms with van der Waals surface area (Å²) in [6, 6.07) is 27.5. The van der Waals surface area contributed by atoms with Crippen LogP contribution in [0.25, 0.3) is 28.1 Å². The molecule has 0 spiro atoms. The lowest BCUT2D eigenvalue weighted by Crippen LogP contribution is -2.12. The highest BCUT2D eigenvalue weighted by Gasteiger charge is 2.25. The van der Waals surface area contributed by atoms with Crippen LogP contribution in [-0.4, -0.2) is 21.7 Å². The molecule has 0 aliphatic heterocycles. The molecule has 5 aromatic rings. The van der Waals surface area contributed by atoms with Crippen molar-refractivity contribution >= 4 is 29.2 Å². The van der Waals surface area contributed by atoms with E-state index in [1.54, 1.807) is 60.7 Å². The van der Waals surface area contributed by atoms with E-state index in [-0.39, 0.29) is 11.8 Å². The molecule has 0 atom stereocenters. The summed E-state index contributed by atoms with van der Waals surface area (Å²) in [7, 11) is 0. The zero-order valence-electron chi connectivity index (χ0n) is 21.1. The van der Waals surface area contributed by atoms with E-state index in [2.05, 4.69) is 5.32 Å². The van der Waals surface area contributed by atoms with Crippen LogP contribution in [0.15, 0.2) is 97.1 Å². The van der Waals surface area contributed by atoms with Crippen LogP contribution >= 0.6 is 11.6 Å². The number of amides is 1. The number of hydrogen-bond donors (Lipinski definition) is 1. The van der Waals surface area contributed by atoms with Gasteiger partial charge in [-0.2, -0.15) is 9.78 Å². The number of hydrogen-bond acceptors (Lipinski definition) is 4. The van der Waals surface area contributed by atoms with Gasteiger partial charge in [-0.15, -0.1) is 0 Å². The van der Waals surface area contributed by atoms with E-state index in [0.717, 1.165) is 11.1 Å². The summed E-state index contributed by atoms with van der Waals surface area (Å²) >= 11 is 6.17. The number of rotatable bonds is 6. The molecule has 0 bridgehead atoms. The number of carbonyl (C=O) groups excluding carboxylic acids is 2. The lowest BCUT2D eigenvalue weighted by atomic mass is 10.00. The lowest BCUT2D eigenvalue weighted by molar-refractivity contribution is -0.132. The van der Waals surface area contributed by atoms with Crippen LogP contribution < -0.4 is 10.1 Å². The van der Waals surface area contributed by atoms with Crippen LogP contribution in [0.2, 0.25) is 5.02 Å². The third kappa shape index (κ3) is 5.58. The maximum atomic E-state index is 13.7. The Morgan fingerprint density at radius 3 is 2.28 bits per heavy atom. The van der Waals surface area contributed by atoms with Crippen LogP contribution in [0.3, 0.4) is 0 Å². The average molecular weight is 540 g/mol. The van der Waals surface area contributed by atoms with Gasteiger partial charge in [-0.25, -0.2) is 4.39 Å². The number of halogens is 2. The minimum absolute atomic E-state index is 0.193. The average Bonchev–Trinajstić information content (AvgIpc) is 3.28. The van der Waals surface area contributed by atoms with Gasteiger partial charge in [-0.1, -0.05) is 59.6 Å². The Morgan fingerprint density at radius 2 is 1.62 bits per heavy atom. The van der Waals surface area contributed by atoms with Gasteiger partial charge in [0.1, 0.15) is 11.5 Å². The van der Waals surface area contributed by atoms with E-state index in [4.69, 9.17) is 21.4 Å². The molecule has 5 rings (SSSR count). The largest absolute Gasteiger partial charge is 0.407 e. The summed E-state index contributed by atoms with van der Waals surface area (Å²) in [5.74, 6) is -1.07. The Bertz CT molecular complexity index is 1680. The van der Waals surface area contributed by atoms with Gasteiger partial charge in [0.05, 0.1) is 21.8 Å². The summed E-state index contributed by atoms with van der Waals surface area (Å²) in [6.07, 6.45) is 0. The molecule has 194 valence electrons. The van der Waals surface area contributed by atoms with E-state index in [9.17, 15) is 14.0 Å². The predicted molar refractivity (Wildman–Crippen MR) is 150 cm³/mol. The Balaban J connectivity index is 1.62. The van der Waals surface area contributed by atoms with Crippen molar-refractivity contribution in [3.05, 3.63) is 119 Å². The zero-order valence-corrected chi connectivity index (χ0v) is 21.9. The summed E-state index contributed by atoms with van der Waals surface area (Å²) in [6.45, 7) is 3.29. The number of aromatic nitrogens is 2. The number of nitrogens with one attached hydrogen (secondary N) is 1. The van der Waals surface area contributed by atoms with E-state index in [0.29, 0.717) is 38.8 Å². The first-order chi connectivity index (χ1) is 18.8. The Hall–Kier alpha value is -4.75. The third-order valence-electron chi connectivity index (χ3n) is 6.00. The SMILES string of the molecule is CC(=O)Oc1c(-c2ccc(NC(=O)c3ccccc3Cl)cc2)c(-c2cccc(C)c2)nn1-c1ccc(F)cc1. The van der Waals surface area contributed by atoms with Gasteiger partial charge in [0.25, 0.3) is 5.91 Å². The topological polar surface area (TPSA) is 73.2 Å². The number of ether oxygens (including phenoxy) is 1. The highest BCUT2D eigenvalue weighted by Crippen LogP contribution is 2.41. The predicted octanol–water partition coefficient (Wildman–Crippen LogP) is 7.48. The minimum Gasteiger partial charge on any atom is -0.407 e. The van der Waals surface area contributed by atoms with Crippen LogP contribution in [0.4, 0.5) is 10.1 Å². The first-order valence-electron chi connectivity index (χ1n) is 12.1. The highest BCUT2D eigenvalue weighted by molar-refractivity contribution is 6.34. The Labute approximate surface area is 229 Å². The second kappa shape index (κ2) is 10.9. The number of carbonyl (C=O) groups is 2. The van der Waals surface area contributed by atoms with Gasteiger partial charge in [0.15, 0.2) is 0 Å². The lowest BCUT2D eigenvalue weighted by Gasteiger charge is -2.11. The van der Waals surface area contributed by atoms with Crippen molar-refractivity contribution in [2.75, 3.05) is 5.32 Å². The molecule has 0 fully saturated rings. The van der Waals surface area contributed by atoms with Crippen molar-refractivity contribution in [3.8, 4) is 34.0 Å². The summed E-state index contributed by atoms with van der Waals surface area (Å²) in [5.41, 5.74) is 5.14. The molecule has 1 heterocycles. The molecular formula is C31H23ClFN3O3. The van der Waals surface area contributed by atoms with Crippen molar-refractivity contribution < 1.29 is 18.7 Å². The molecule has 0 unspecified atom stereocenters. The normalized spacial score (nSPS) is 10.8. The van der Waals surface area contributed by atoms with Gasteiger partial charge < -0.3 is 10.1 Å². The minimum atomic E-state index is -0.529. The smallest absolute Gasteiger partial charge is 0.309 e. The standard InChI is InChI=1S/C31H23ClFN3O3/c1-19-6-5-7-22(18-19)29-28(31(39-20(2)37)36(35-29)25-16-12-23(33)13-17-25)21-10-14-24(15-11-21)34-30(38)26-8-3-4-9-27(26)32/h3-18H,1-2H3,(H,34,38). The first-order valence-corrected chi connectivity index (χ1v) is 12.5. The summed E-state index contributed by atoms with van der Waals surface area (Å²) < 4.78 is 20.9. The molecule has 0 aliphatic carbocycles. The Morgan fingerprint density at radius 1 is 0.897 bits per heavy atom. The summed E-state index contributed by atoms with van der Waals surface area (Å²) in [5, 5.41) is 8.01. The molecule has 0 radical (unpaired) electrons. The fourth-order valence-corrected chi connectivity index (χ4v) is 4.43. The maximum absolute atomic E-state index is 13.7. The number of benzene rings is 4. The molecule has 6 nitrogen and oxygen atoms in total. The van der Waals surface area contributed by atoms with Crippen molar-refractivity contribution in [1.82, 2.24) is 9.78 Å². The van der Waals surface area contributed by atoms with Gasteiger partial charge in [0, 0.05) is 18.2 Å². The zero-order chi connectivity index (χ0) is 27.5. The molecule has 0 saturated heterocycles. The van der Waals surface area contributed by atoms with E-state index < -0.39 is 11.8 Å². The van der Waals surface area contributed by atoms with Gasteiger partial charge in [-0.05, 0) is 67.1 Å². The molecule has 0 saturated carbocycles. The fraction of sp³-hybridized carbons (Fsp3) is 0.0645. The molecular weight excluding hydrogens is 517 g/mol. The van der Waals surface area contributed by atoms with Gasteiger partial charge in [0.2, 0.25) is 5.88 Å². The van der Waals surface area contributed by atoms with Crippen molar-refractivity contribution in [2.45, 2.75) is 13.8 Å². The quantitative estimate of drug-likeness (QED) is 0.227. The molecule has 1 N–H and O–H groups in total. The number of aryl methyl sites for hydroxylation is 1. The van der Waals surface area contributed by atoms with Crippen LogP contribution in [0.5, 0.6) is 5.88 Å². The van der Waals surface area contributed by atoms with Crippen LogP contribution in [0, 0.1) is 12.7 Å². The molecule has 8 heteroatoms. The molecule has 39 heavy (non-hydrogen) atoms. The first kappa shape index (κ1) is 25.9. The van der Waals surface area contributed by atoms with E-state index in [1.165, 1.54) is 23.7 Å².